The van der Waals surface area contributed by atoms with Gasteiger partial charge in [-0.1, -0.05) is 29.8 Å². The van der Waals surface area contributed by atoms with Crippen molar-refractivity contribution in [1.82, 2.24) is 0 Å². The number of fused-ring (bicyclic) bond motifs is 1. The van der Waals surface area contributed by atoms with E-state index >= 15 is 0 Å². The third-order valence-corrected chi connectivity index (χ3v) is 6.43. The molecule has 3 aromatic carbocycles. The second-order valence-corrected chi connectivity index (χ2v) is 8.72. The van der Waals surface area contributed by atoms with Crippen molar-refractivity contribution in [2.24, 2.45) is 0 Å². The number of para-hydroxylation sites is 1. The lowest BCUT2D eigenvalue weighted by Gasteiger charge is -2.24. The summed E-state index contributed by atoms with van der Waals surface area (Å²) in [4.78, 5) is 12.8. The molecule has 1 aliphatic rings. The maximum Gasteiger partial charge on any atom is 0.264 e. The molecule has 0 aromatic heterocycles. The number of rotatable bonds is 6. The van der Waals surface area contributed by atoms with Gasteiger partial charge in [0.2, 0.25) is 12.7 Å². The van der Waals surface area contributed by atoms with Gasteiger partial charge in [-0.05, 0) is 48.5 Å². The first-order valence-corrected chi connectivity index (χ1v) is 10.8. The van der Waals surface area contributed by atoms with Crippen LogP contribution in [-0.2, 0) is 14.8 Å². The number of ether oxygens (including phenoxy) is 2. The maximum absolute atomic E-state index is 13.3. The fourth-order valence-corrected chi connectivity index (χ4v) is 4.50. The maximum atomic E-state index is 13.3. The minimum absolute atomic E-state index is 0.0339. The Bertz CT molecular complexity index is 1170. The van der Waals surface area contributed by atoms with E-state index in [9.17, 15) is 13.2 Å². The van der Waals surface area contributed by atoms with Crippen molar-refractivity contribution in [2.75, 3.05) is 23.0 Å². The average molecular weight is 445 g/mol. The van der Waals surface area contributed by atoms with E-state index in [1.165, 1.54) is 24.3 Å². The SMILES string of the molecule is O=C(CN(c1ccccc1)S(=O)(=O)c1ccc(Cl)cc1)Nc1ccc2c(c1)OCO2. The highest BCUT2D eigenvalue weighted by Gasteiger charge is 2.27. The van der Waals surface area contributed by atoms with Gasteiger partial charge >= 0.3 is 0 Å². The predicted octanol–water partition coefficient (Wildman–Crippen LogP) is 3.90. The lowest BCUT2D eigenvalue weighted by molar-refractivity contribution is -0.114. The summed E-state index contributed by atoms with van der Waals surface area (Å²) in [7, 11) is -4.00. The van der Waals surface area contributed by atoms with Gasteiger partial charge in [0, 0.05) is 16.8 Å². The first-order chi connectivity index (χ1) is 14.4. The van der Waals surface area contributed by atoms with Crippen LogP contribution < -0.4 is 19.1 Å². The Morgan fingerprint density at radius 1 is 0.967 bits per heavy atom. The zero-order valence-corrected chi connectivity index (χ0v) is 17.2. The molecule has 0 atom stereocenters. The van der Waals surface area contributed by atoms with Gasteiger partial charge in [-0.2, -0.15) is 0 Å². The molecular weight excluding hydrogens is 428 g/mol. The van der Waals surface area contributed by atoms with Gasteiger partial charge in [-0.3, -0.25) is 9.10 Å². The molecule has 0 spiro atoms. The van der Waals surface area contributed by atoms with Crippen molar-refractivity contribution < 1.29 is 22.7 Å². The molecule has 7 nitrogen and oxygen atoms in total. The van der Waals surface area contributed by atoms with E-state index in [0.717, 1.165) is 4.31 Å². The first kappa shape index (κ1) is 20.1. The number of halogens is 1. The molecular formula is C21H17ClN2O5S. The van der Waals surface area contributed by atoms with Crippen molar-refractivity contribution in [3.63, 3.8) is 0 Å². The van der Waals surface area contributed by atoms with E-state index in [0.29, 0.717) is 27.9 Å². The molecule has 1 N–H and O–H groups in total. The van der Waals surface area contributed by atoms with Crippen molar-refractivity contribution in [3.8, 4) is 11.5 Å². The number of hydrogen-bond acceptors (Lipinski definition) is 5. The predicted molar refractivity (Wildman–Crippen MR) is 114 cm³/mol. The number of carbonyl (C=O) groups excluding carboxylic acids is 1. The summed E-state index contributed by atoms with van der Waals surface area (Å²) in [6, 6.07) is 19.2. The van der Waals surface area contributed by atoms with Gasteiger partial charge in [0.15, 0.2) is 11.5 Å². The van der Waals surface area contributed by atoms with E-state index in [-0.39, 0.29) is 11.7 Å². The summed E-state index contributed by atoms with van der Waals surface area (Å²) in [5.74, 6) is 0.598. The van der Waals surface area contributed by atoms with Gasteiger partial charge in [-0.25, -0.2) is 8.42 Å². The molecule has 0 unspecified atom stereocenters. The topological polar surface area (TPSA) is 84.9 Å². The molecule has 1 amide bonds. The Morgan fingerprint density at radius 3 is 2.40 bits per heavy atom. The molecule has 0 bridgehead atoms. The lowest BCUT2D eigenvalue weighted by Crippen LogP contribution is -2.38. The van der Waals surface area contributed by atoms with E-state index in [1.54, 1.807) is 48.5 Å². The highest BCUT2D eigenvalue weighted by molar-refractivity contribution is 7.92. The summed E-state index contributed by atoms with van der Waals surface area (Å²) in [6.07, 6.45) is 0. The van der Waals surface area contributed by atoms with Crippen LogP contribution in [0.1, 0.15) is 0 Å². The van der Waals surface area contributed by atoms with Gasteiger partial charge in [0.1, 0.15) is 6.54 Å². The molecule has 1 aliphatic heterocycles. The van der Waals surface area contributed by atoms with Gasteiger partial charge in [0.05, 0.1) is 10.6 Å². The Morgan fingerprint density at radius 2 is 1.67 bits per heavy atom. The second-order valence-electron chi connectivity index (χ2n) is 6.42. The summed E-state index contributed by atoms with van der Waals surface area (Å²) in [6.45, 7) is -0.294. The molecule has 4 rings (SSSR count). The number of anilines is 2. The number of sulfonamides is 1. The van der Waals surface area contributed by atoms with Crippen LogP contribution in [0.15, 0.2) is 77.7 Å². The van der Waals surface area contributed by atoms with Crippen LogP contribution >= 0.6 is 11.6 Å². The summed E-state index contributed by atoms with van der Waals surface area (Å²) in [5, 5.41) is 3.12. The van der Waals surface area contributed by atoms with Gasteiger partial charge in [0.25, 0.3) is 10.0 Å². The Balaban J connectivity index is 1.60. The molecule has 3 aromatic rings. The largest absolute Gasteiger partial charge is 0.454 e. The Kier molecular flexibility index (Phi) is 5.52. The van der Waals surface area contributed by atoms with Crippen LogP contribution in [0.2, 0.25) is 5.02 Å². The van der Waals surface area contributed by atoms with E-state index < -0.39 is 22.5 Å². The highest BCUT2D eigenvalue weighted by Crippen LogP contribution is 2.34. The van der Waals surface area contributed by atoms with Crippen molar-refractivity contribution in [3.05, 3.63) is 77.8 Å². The number of hydrogen-bond donors (Lipinski definition) is 1. The second kappa shape index (κ2) is 8.25. The molecule has 0 saturated heterocycles. The molecule has 154 valence electrons. The fraction of sp³-hybridized carbons (Fsp3) is 0.0952. The molecule has 0 fully saturated rings. The Hall–Kier alpha value is -3.23. The van der Waals surface area contributed by atoms with Gasteiger partial charge < -0.3 is 14.8 Å². The van der Waals surface area contributed by atoms with Crippen LogP contribution in [0.4, 0.5) is 11.4 Å². The quantitative estimate of drug-likeness (QED) is 0.623. The standard InChI is InChI=1S/C21H17ClN2O5S/c22-15-6-9-18(10-7-15)30(26,27)24(17-4-2-1-3-5-17)13-21(25)23-16-8-11-19-20(12-16)29-14-28-19/h1-12H,13-14H2,(H,23,25). The molecule has 9 heteroatoms. The van der Waals surface area contributed by atoms with Crippen molar-refractivity contribution >= 4 is 38.9 Å². The zero-order valence-electron chi connectivity index (χ0n) is 15.6. The van der Waals surface area contributed by atoms with Crippen molar-refractivity contribution in [1.29, 1.82) is 0 Å². The number of carbonyl (C=O) groups is 1. The molecule has 0 radical (unpaired) electrons. The number of amides is 1. The Labute approximate surface area is 178 Å². The first-order valence-electron chi connectivity index (χ1n) is 8.96. The molecule has 30 heavy (non-hydrogen) atoms. The number of nitrogens with zero attached hydrogens (tertiary/aromatic N) is 1. The third kappa shape index (κ3) is 4.19. The zero-order chi connectivity index (χ0) is 21.1. The van der Waals surface area contributed by atoms with Gasteiger partial charge in [-0.15, -0.1) is 0 Å². The monoisotopic (exact) mass is 444 g/mol. The molecule has 0 aliphatic carbocycles. The fourth-order valence-electron chi connectivity index (χ4n) is 2.95. The summed E-state index contributed by atoms with van der Waals surface area (Å²) in [5.41, 5.74) is 0.842. The van der Waals surface area contributed by atoms with E-state index in [1.807, 2.05) is 0 Å². The smallest absolute Gasteiger partial charge is 0.264 e. The lowest BCUT2D eigenvalue weighted by atomic mass is 10.2. The number of nitrogens with one attached hydrogen (secondary N) is 1. The molecule has 0 saturated carbocycles. The van der Waals surface area contributed by atoms with Crippen molar-refractivity contribution in [2.45, 2.75) is 4.90 Å². The number of benzene rings is 3. The van der Waals surface area contributed by atoms with E-state index in [2.05, 4.69) is 5.32 Å². The minimum Gasteiger partial charge on any atom is -0.454 e. The van der Waals surface area contributed by atoms with Crippen LogP contribution in [0.5, 0.6) is 11.5 Å². The van der Waals surface area contributed by atoms with Crippen LogP contribution in [-0.4, -0.2) is 27.7 Å². The third-order valence-electron chi connectivity index (χ3n) is 4.39. The minimum atomic E-state index is -4.00. The van der Waals surface area contributed by atoms with E-state index in [4.69, 9.17) is 21.1 Å². The van der Waals surface area contributed by atoms with Crippen LogP contribution in [0, 0.1) is 0 Å². The average Bonchev–Trinajstić information content (AvgIpc) is 3.21. The van der Waals surface area contributed by atoms with Crippen LogP contribution in [0.25, 0.3) is 0 Å². The molecule has 1 heterocycles. The summed E-state index contributed by atoms with van der Waals surface area (Å²) >= 11 is 5.88. The highest BCUT2D eigenvalue weighted by atomic mass is 35.5. The normalized spacial score (nSPS) is 12.4. The van der Waals surface area contributed by atoms with Crippen LogP contribution in [0.3, 0.4) is 0 Å². The summed E-state index contributed by atoms with van der Waals surface area (Å²) < 4.78 is 38.1.